The molecule has 0 atom stereocenters. The molecule has 2 aromatic rings. The Kier molecular flexibility index (Phi) is 2.68. The van der Waals surface area contributed by atoms with E-state index in [0.717, 1.165) is 12.4 Å². The molecule has 0 unspecified atom stereocenters. The number of rotatable bonds is 3. The van der Waals surface area contributed by atoms with Gasteiger partial charge in [-0.15, -0.1) is 0 Å². The third-order valence-electron chi connectivity index (χ3n) is 2.32. The number of benzene rings is 1. The van der Waals surface area contributed by atoms with Crippen molar-refractivity contribution in [3.8, 4) is 0 Å². The highest BCUT2D eigenvalue weighted by atomic mass is 16.6. The van der Waals surface area contributed by atoms with Crippen LogP contribution in [0, 0.1) is 10.1 Å². The van der Waals surface area contributed by atoms with E-state index in [9.17, 15) is 19.7 Å². The molecule has 8 nitrogen and oxygen atoms in total. The lowest BCUT2D eigenvalue weighted by molar-refractivity contribution is -0.383. The topological polar surface area (TPSA) is 129 Å². The Morgan fingerprint density at radius 1 is 1.39 bits per heavy atom. The van der Waals surface area contributed by atoms with Crippen LogP contribution >= 0.6 is 0 Å². The van der Waals surface area contributed by atoms with Crippen molar-refractivity contribution in [2.24, 2.45) is 0 Å². The standard InChI is InChI=1S/C10H6N4O4/c11-6-1-5-7(2-8(6)14(17)18)12-4-13-10(5)9(16)3-15/h1-4H,11H2. The van der Waals surface area contributed by atoms with Gasteiger partial charge in [-0.2, -0.15) is 0 Å². The van der Waals surface area contributed by atoms with Crippen LogP contribution in [0.5, 0.6) is 0 Å². The van der Waals surface area contributed by atoms with E-state index in [1.54, 1.807) is 0 Å². The van der Waals surface area contributed by atoms with E-state index in [1.165, 1.54) is 6.07 Å². The molecule has 1 heterocycles. The zero-order valence-electron chi connectivity index (χ0n) is 8.86. The third-order valence-corrected chi connectivity index (χ3v) is 2.32. The average molecular weight is 246 g/mol. The summed E-state index contributed by atoms with van der Waals surface area (Å²) >= 11 is 0. The Bertz CT molecular complexity index is 683. The van der Waals surface area contributed by atoms with Gasteiger partial charge in [0.1, 0.15) is 17.7 Å². The summed E-state index contributed by atoms with van der Waals surface area (Å²) in [5.41, 5.74) is 5.11. The van der Waals surface area contributed by atoms with Crippen molar-refractivity contribution < 1.29 is 14.5 Å². The number of aromatic nitrogens is 2. The van der Waals surface area contributed by atoms with Crippen molar-refractivity contribution in [3.63, 3.8) is 0 Å². The largest absolute Gasteiger partial charge is 0.393 e. The van der Waals surface area contributed by atoms with Crippen LogP contribution in [0.1, 0.15) is 10.5 Å². The van der Waals surface area contributed by atoms with Gasteiger partial charge in [0.15, 0.2) is 6.29 Å². The predicted octanol–water partition coefficient (Wildman–Crippen LogP) is 0.502. The summed E-state index contributed by atoms with van der Waals surface area (Å²) < 4.78 is 0. The highest BCUT2D eigenvalue weighted by molar-refractivity contribution is 6.35. The molecule has 18 heavy (non-hydrogen) atoms. The maximum absolute atomic E-state index is 11.3. The summed E-state index contributed by atoms with van der Waals surface area (Å²) in [6.45, 7) is 0. The number of nitrogen functional groups attached to an aromatic ring is 1. The molecular weight excluding hydrogens is 240 g/mol. The van der Waals surface area contributed by atoms with Crippen molar-refractivity contribution in [1.29, 1.82) is 0 Å². The van der Waals surface area contributed by atoms with Crippen molar-refractivity contribution in [1.82, 2.24) is 9.97 Å². The van der Waals surface area contributed by atoms with Gasteiger partial charge in [0.2, 0.25) is 5.78 Å². The zero-order valence-corrected chi connectivity index (χ0v) is 8.86. The minimum absolute atomic E-state index is 0.110. The first-order chi connectivity index (χ1) is 8.54. The first-order valence-corrected chi connectivity index (χ1v) is 4.72. The second-order valence-electron chi connectivity index (χ2n) is 3.39. The van der Waals surface area contributed by atoms with E-state index in [2.05, 4.69) is 9.97 Å². The number of nitrogens with two attached hydrogens (primary N) is 1. The molecule has 0 saturated carbocycles. The number of nitro benzene ring substituents is 1. The lowest BCUT2D eigenvalue weighted by Gasteiger charge is -2.03. The van der Waals surface area contributed by atoms with E-state index in [1.807, 2.05) is 0 Å². The fourth-order valence-electron chi connectivity index (χ4n) is 1.52. The van der Waals surface area contributed by atoms with Crippen LogP contribution < -0.4 is 5.73 Å². The number of Topliss-reactive ketones (excluding diaryl/α,β-unsaturated/α-hetero) is 1. The Morgan fingerprint density at radius 3 is 2.72 bits per heavy atom. The minimum Gasteiger partial charge on any atom is -0.393 e. The lowest BCUT2D eigenvalue weighted by atomic mass is 10.1. The molecule has 1 aromatic carbocycles. The van der Waals surface area contributed by atoms with Crippen molar-refractivity contribution >= 4 is 34.3 Å². The van der Waals surface area contributed by atoms with Crippen LogP contribution in [0.3, 0.4) is 0 Å². The Hall–Kier alpha value is -2.90. The maximum Gasteiger partial charge on any atom is 0.294 e. The summed E-state index contributed by atoms with van der Waals surface area (Å²) in [6.07, 6.45) is 1.17. The van der Waals surface area contributed by atoms with Crippen LogP contribution in [-0.4, -0.2) is 27.0 Å². The first kappa shape index (κ1) is 11.6. The van der Waals surface area contributed by atoms with Crippen LogP contribution in [-0.2, 0) is 4.79 Å². The molecule has 0 aliphatic rings. The SMILES string of the molecule is Nc1cc2c(C(=O)C=O)ncnc2cc1[N+](=O)[O-]. The molecule has 0 aliphatic heterocycles. The van der Waals surface area contributed by atoms with Gasteiger partial charge in [-0.1, -0.05) is 0 Å². The van der Waals surface area contributed by atoms with Gasteiger partial charge < -0.3 is 5.73 Å². The highest BCUT2D eigenvalue weighted by Gasteiger charge is 2.17. The van der Waals surface area contributed by atoms with Gasteiger partial charge in [-0.3, -0.25) is 19.7 Å². The van der Waals surface area contributed by atoms with Gasteiger partial charge in [0.05, 0.1) is 10.4 Å². The summed E-state index contributed by atoms with van der Waals surface area (Å²) in [5.74, 6) is -0.837. The fraction of sp³-hybridized carbons (Fsp3) is 0. The second-order valence-corrected chi connectivity index (χ2v) is 3.39. The number of anilines is 1. The second kappa shape index (κ2) is 4.17. The van der Waals surface area contributed by atoms with E-state index in [0.29, 0.717) is 0 Å². The monoisotopic (exact) mass is 246 g/mol. The molecule has 0 radical (unpaired) electrons. The average Bonchev–Trinajstić information content (AvgIpc) is 2.36. The lowest BCUT2D eigenvalue weighted by Crippen LogP contribution is -2.06. The molecule has 0 saturated heterocycles. The summed E-state index contributed by atoms with van der Waals surface area (Å²) in [7, 11) is 0. The van der Waals surface area contributed by atoms with Gasteiger partial charge >= 0.3 is 0 Å². The maximum atomic E-state index is 11.3. The zero-order chi connectivity index (χ0) is 13.3. The van der Waals surface area contributed by atoms with E-state index in [4.69, 9.17) is 5.73 Å². The minimum atomic E-state index is -0.837. The number of ketones is 1. The molecule has 1 aromatic heterocycles. The number of carbonyl (C=O) groups excluding carboxylic acids is 2. The molecular formula is C10H6N4O4. The van der Waals surface area contributed by atoms with Crippen LogP contribution in [0.25, 0.3) is 10.9 Å². The van der Waals surface area contributed by atoms with Crippen LogP contribution in [0.2, 0.25) is 0 Å². The van der Waals surface area contributed by atoms with Gasteiger partial charge in [-0.25, -0.2) is 9.97 Å². The normalized spacial score (nSPS) is 10.2. The molecule has 2 rings (SSSR count). The van der Waals surface area contributed by atoms with Crippen LogP contribution in [0.15, 0.2) is 18.5 Å². The molecule has 2 N–H and O–H groups in total. The number of nitro groups is 1. The number of fused-ring (bicyclic) bond motifs is 1. The molecule has 0 fully saturated rings. The summed E-state index contributed by atoms with van der Waals surface area (Å²) in [5, 5.41) is 10.9. The molecule has 0 amide bonds. The van der Waals surface area contributed by atoms with Crippen LogP contribution in [0.4, 0.5) is 11.4 Å². The number of aldehydes is 1. The van der Waals surface area contributed by atoms with Gasteiger partial charge in [0.25, 0.3) is 5.69 Å². The summed E-state index contributed by atoms with van der Waals surface area (Å²) in [6, 6.07) is 2.35. The Labute approximate surface area is 99.6 Å². The number of hydrogen-bond donors (Lipinski definition) is 1. The third kappa shape index (κ3) is 1.75. The molecule has 90 valence electrons. The molecule has 0 bridgehead atoms. The molecule has 8 heteroatoms. The van der Waals surface area contributed by atoms with Gasteiger partial charge in [0, 0.05) is 11.5 Å². The molecule has 0 aliphatic carbocycles. The predicted molar refractivity (Wildman–Crippen MR) is 61.0 cm³/mol. The fourth-order valence-corrected chi connectivity index (χ4v) is 1.52. The Morgan fingerprint density at radius 2 is 2.11 bits per heavy atom. The number of hydrogen-bond acceptors (Lipinski definition) is 7. The quantitative estimate of drug-likeness (QED) is 0.208. The van der Waals surface area contributed by atoms with Crippen molar-refractivity contribution in [2.45, 2.75) is 0 Å². The van der Waals surface area contributed by atoms with Crippen molar-refractivity contribution in [3.05, 3.63) is 34.3 Å². The smallest absolute Gasteiger partial charge is 0.294 e. The van der Waals surface area contributed by atoms with E-state index in [-0.39, 0.29) is 34.3 Å². The van der Waals surface area contributed by atoms with E-state index >= 15 is 0 Å². The Balaban J connectivity index is 2.80. The number of carbonyl (C=O) groups is 2. The van der Waals surface area contributed by atoms with Crippen molar-refractivity contribution in [2.75, 3.05) is 5.73 Å². The highest BCUT2D eigenvalue weighted by Crippen LogP contribution is 2.27. The first-order valence-electron chi connectivity index (χ1n) is 4.72. The number of nitrogens with zero attached hydrogens (tertiary/aromatic N) is 3. The summed E-state index contributed by atoms with van der Waals surface area (Å²) in [4.78, 5) is 39.3. The van der Waals surface area contributed by atoms with E-state index < -0.39 is 10.7 Å². The van der Waals surface area contributed by atoms with Gasteiger partial charge in [-0.05, 0) is 6.07 Å². The molecule has 0 spiro atoms.